The number of hydrogen-bond donors (Lipinski definition) is 0. The first-order valence-corrected chi connectivity index (χ1v) is 4.53. The van der Waals surface area contributed by atoms with E-state index in [-0.39, 0.29) is 44.0 Å². The summed E-state index contributed by atoms with van der Waals surface area (Å²) in [5.74, 6) is 0. The van der Waals surface area contributed by atoms with Gasteiger partial charge in [0, 0.05) is 0 Å². The Morgan fingerprint density at radius 3 is 2.13 bits per heavy atom. The van der Waals surface area contributed by atoms with Gasteiger partial charge in [-0.15, -0.1) is 0 Å². The summed E-state index contributed by atoms with van der Waals surface area (Å²) in [5, 5.41) is 0. The van der Waals surface area contributed by atoms with Gasteiger partial charge >= 0.3 is 21.7 Å². The van der Waals surface area contributed by atoms with Gasteiger partial charge in [0.25, 0.3) is 0 Å². The molecule has 0 saturated carbocycles. The minimum atomic E-state index is 0. The van der Waals surface area contributed by atoms with Crippen molar-refractivity contribution >= 4 is 0 Å². The van der Waals surface area contributed by atoms with Gasteiger partial charge in [-0.2, -0.15) is 22.3 Å². The van der Waals surface area contributed by atoms with Crippen LogP contribution in [0.25, 0.3) is 0 Å². The minimum absolute atomic E-state index is 0. The maximum Gasteiger partial charge on any atom is 4.00 e. The summed E-state index contributed by atoms with van der Waals surface area (Å²) in [6.07, 6.45) is 5.45. The molecule has 15 heavy (non-hydrogen) atoms. The van der Waals surface area contributed by atoms with Crippen LogP contribution in [0.15, 0.2) is 6.07 Å². The van der Waals surface area contributed by atoms with Crippen LogP contribution in [0.3, 0.4) is 0 Å². The molecule has 1 aliphatic carbocycles. The number of hydrogen-bond acceptors (Lipinski definition) is 0. The van der Waals surface area contributed by atoms with Crippen molar-refractivity contribution in [2.75, 3.05) is 0 Å². The van der Waals surface area contributed by atoms with E-state index < -0.39 is 0 Å². The summed E-state index contributed by atoms with van der Waals surface area (Å²) in [6.45, 7) is 4.49. The quantitative estimate of drug-likeness (QED) is 0.469. The molecule has 2 rings (SSSR count). The summed E-state index contributed by atoms with van der Waals surface area (Å²) >= 11 is 0. The number of aryl methyl sites for hydroxylation is 2. The molecule has 0 bridgehead atoms. The van der Waals surface area contributed by atoms with Crippen molar-refractivity contribution in [3.63, 3.8) is 0 Å². The number of fused-ring (bicyclic) bond motifs is 1. The van der Waals surface area contributed by atoms with E-state index in [1.807, 2.05) is 0 Å². The third kappa shape index (κ3) is 3.85. The van der Waals surface area contributed by atoms with E-state index in [4.69, 9.17) is 0 Å². The number of rotatable bonds is 0. The van der Waals surface area contributed by atoms with E-state index in [1.54, 1.807) is 16.7 Å². The Balaban J connectivity index is -0.000000360. The molecule has 1 heteroatoms. The average Bonchev–Trinajstić information content (AvgIpc) is 2.30. The SMILES string of the molecule is Cc1cc2c([c-]1C)CCCC2.[CH3-].[CH3-].[CH3-].[Ti+4]. The van der Waals surface area contributed by atoms with Gasteiger partial charge < -0.3 is 22.3 Å². The van der Waals surface area contributed by atoms with Crippen molar-refractivity contribution in [3.05, 3.63) is 50.6 Å². The predicted molar refractivity (Wildman–Crippen MR) is 67.4 cm³/mol. The smallest absolute Gasteiger partial charge is 0.358 e. The summed E-state index contributed by atoms with van der Waals surface area (Å²) in [6, 6.07) is 2.38. The molecule has 0 amide bonds. The molecular formula is C14H24Ti. The second-order valence-corrected chi connectivity index (χ2v) is 3.66. The molecule has 0 saturated heterocycles. The Kier molecular flexibility index (Phi) is 11.3. The molecule has 0 radical (unpaired) electrons. The molecule has 1 aromatic carbocycles. The molecule has 0 fully saturated rings. The summed E-state index contributed by atoms with van der Waals surface area (Å²) in [7, 11) is 0. The van der Waals surface area contributed by atoms with Crippen LogP contribution in [-0.2, 0) is 34.6 Å². The van der Waals surface area contributed by atoms with E-state index in [0.29, 0.717) is 0 Å². The average molecular weight is 240 g/mol. The zero-order valence-corrected chi connectivity index (χ0v) is 12.5. The Hall–Kier alpha value is 0.0643. The second-order valence-electron chi connectivity index (χ2n) is 3.66. The van der Waals surface area contributed by atoms with Crippen LogP contribution in [0.2, 0.25) is 0 Å². The fourth-order valence-corrected chi connectivity index (χ4v) is 2.12. The van der Waals surface area contributed by atoms with E-state index in [0.717, 1.165) is 0 Å². The fraction of sp³-hybridized carbons (Fsp3) is 0.429. The van der Waals surface area contributed by atoms with Crippen molar-refractivity contribution in [2.24, 2.45) is 0 Å². The molecule has 1 aromatic rings. The first-order chi connectivity index (χ1) is 5.29. The van der Waals surface area contributed by atoms with Crippen LogP contribution in [-0.4, -0.2) is 0 Å². The molecule has 84 valence electrons. The Labute approximate surface area is 112 Å². The maximum atomic E-state index is 2.38. The molecule has 0 heterocycles. The summed E-state index contributed by atoms with van der Waals surface area (Å²) in [4.78, 5) is 0. The topological polar surface area (TPSA) is 0 Å². The van der Waals surface area contributed by atoms with Crippen LogP contribution in [0.4, 0.5) is 0 Å². The monoisotopic (exact) mass is 240 g/mol. The molecule has 1 aliphatic rings. The minimum Gasteiger partial charge on any atom is -0.358 e. The molecule has 0 atom stereocenters. The molecule has 0 nitrogen and oxygen atoms in total. The molecule has 0 spiro atoms. The van der Waals surface area contributed by atoms with Crippen LogP contribution in [0.1, 0.15) is 35.1 Å². The van der Waals surface area contributed by atoms with Crippen LogP contribution in [0, 0.1) is 36.1 Å². The fourth-order valence-electron chi connectivity index (χ4n) is 2.12. The van der Waals surface area contributed by atoms with Gasteiger partial charge in [0.2, 0.25) is 0 Å². The van der Waals surface area contributed by atoms with Gasteiger partial charge in [-0.3, -0.25) is 0 Å². The van der Waals surface area contributed by atoms with E-state index in [1.165, 1.54) is 31.2 Å². The molecule has 0 aliphatic heterocycles. The first-order valence-electron chi connectivity index (χ1n) is 4.53. The molecule has 0 N–H and O–H groups in total. The normalized spacial score (nSPS) is 12.1. The second kappa shape index (κ2) is 8.24. The molecule has 0 unspecified atom stereocenters. The van der Waals surface area contributed by atoms with Crippen molar-refractivity contribution in [2.45, 2.75) is 39.5 Å². The summed E-state index contributed by atoms with van der Waals surface area (Å²) < 4.78 is 0. The van der Waals surface area contributed by atoms with E-state index in [2.05, 4.69) is 19.9 Å². The third-order valence-corrected chi connectivity index (χ3v) is 2.95. The van der Waals surface area contributed by atoms with Crippen LogP contribution in [0.5, 0.6) is 0 Å². The third-order valence-electron chi connectivity index (χ3n) is 2.95. The Morgan fingerprint density at radius 1 is 1.07 bits per heavy atom. The maximum absolute atomic E-state index is 2.38. The van der Waals surface area contributed by atoms with Gasteiger partial charge in [-0.1, -0.05) is 39.5 Å². The van der Waals surface area contributed by atoms with E-state index in [9.17, 15) is 0 Å². The largest absolute Gasteiger partial charge is 4.00 e. The van der Waals surface area contributed by atoms with Gasteiger partial charge in [-0.25, -0.2) is 6.07 Å². The van der Waals surface area contributed by atoms with Crippen LogP contribution < -0.4 is 0 Å². The van der Waals surface area contributed by atoms with E-state index >= 15 is 0 Å². The first kappa shape index (κ1) is 20.5. The molecular weight excluding hydrogens is 216 g/mol. The van der Waals surface area contributed by atoms with Gasteiger partial charge in [0.15, 0.2) is 0 Å². The standard InChI is InChI=1S/C11H15.3CH3.Ti/c1-8-7-10-5-3-4-6-11(10)9(8)2;;;;/h7H,3-6H2,1-2H3;3*1H3;/q4*-1;+4. The van der Waals surface area contributed by atoms with Gasteiger partial charge in [0.05, 0.1) is 0 Å². The van der Waals surface area contributed by atoms with Crippen molar-refractivity contribution in [1.82, 2.24) is 0 Å². The Morgan fingerprint density at radius 2 is 1.60 bits per heavy atom. The van der Waals surface area contributed by atoms with Crippen molar-refractivity contribution < 1.29 is 21.7 Å². The van der Waals surface area contributed by atoms with Crippen molar-refractivity contribution in [3.8, 4) is 0 Å². The zero-order valence-electron chi connectivity index (χ0n) is 10.9. The Bertz CT molecular complexity index is 271. The summed E-state index contributed by atoms with van der Waals surface area (Å²) in [5.41, 5.74) is 6.34. The molecule has 0 aromatic heterocycles. The van der Waals surface area contributed by atoms with Crippen molar-refractivity contribution in [1.29, 1.82) is 0 Å². The predicted octanol–water partition coefficient (Wildman–Crippen LogP) is 4.25. The van der Waals surface area contributed by atoms with Gasteiger partial charge in [-0.05, 0) is 0 Å². The van der Waals surface area contributed by atoms with Crippen LogP contribution >= 0.6 is 0 Å². The van der Waals surface area contributed by atoms with Gasteiger partial charge in [0.1, 0.15) is 0 Å². The zero-order chi connectivity index (χ0) is 7.84.